The van der Waals surface area contributed by atoms with Crippen molar-refractivity contribution in [2.45, 2.75) is 20.0 Å². The van der Waals surface area contributed by atoms with Crippen LogP contribution in [0.5, 0.6) is 0 Å². The summed E-state index contributed by atoms with van der Waals surface area (Å²) in [5.74, 6) is 0.535. The minimum absolute atomic E-state index is 0.102. The van der Waals surface area contributed by atoms with Crippen LogP contribution in [-0.2, 0) is 20.1 Å². The van der Waals surface area contributed by atoms with E-state index < -0.39 is 5.69 Å². The van der Waals surface area contributed by atoms with Crippen molar-refractivity contribution in [2.24, 2.45) is 12.1 Å². The molecule has 8 nitrogen and oxygen atoms in total. The minimum Gasteiger partial charge on any atom is -0.297 e. The Hall–Kier alpha value is -2.87. The number of halogens is 1. The summed E-state index contributed by atoms with van der Waals surface area (Å²) in [4.78, 5) is 30.4. The maximum Gasteiger partial charge on any atom is 0.332 e. The zero-order valence-electron chi connectivity index (χ0n) is 14.6. The van der Waals surface area contributed by atoms with Gasteiger partial charge in [-0.05, 0) is 18.6 Å². The number of rotatable bonds is 2. The first-order valence-corrected chi connectivity index (χ1v) is 8.47. The number of hydrogen-bond acceptors (Lipinski definition) is 5. The lowest BCUT2D eigenvalue weighted by Crippen LogP contribution is -2.40. The average Bonchev–Trinajstić information content (AvgIpc) is 2.98. The summed E-state index contributed by atoms with van der Waals surface area (Å²) >= 11 is 6.21. The summed E-state index contributed by atoms with van der Waals surface area (Å²) in [6.07, 6.45) is 0. The van der Waals surface area contributed by atoms with Crippen molar-refractivity contribution >= 4 is 34.4 Å². The van der Waals surface area contributed by atoms with Crippen LogP contribution in [0.4, 0.5) is 5.95 Å². The molecule has 1 aromatic carbocycles. The highest BCUT2D eigenvalue weighted by Gasteiger charge is 2.25. The lowest BCUT2D eigenvalue weighted by molar-refractivity contribution is 0.654. The second-order valence-electron chi connectivity index (χ2n) is 6.35. The van der Waals surface area contributed by atoms with Crippen molar-refractivity contribution < 1.29 is 0 Å². The Morgan fingerprint density at radius 3 is 2.65 bits per heavy atom. The van der Waals surface area contributed by atoms with Gasteiger partial charge in [0.1, 0.15) is 0 Å². The molecule has 1 aliphatic heterocycles. The van der Waals surface area contributed by atoms with Gasteiger partial charge in [0, 0.05) is 19.1 Å². The Morgan fingerprint density at radius 2 is 1.92 bits per heavy atom. The third kappa shape index (κ3) is 2.37. The molecule has 134 valence electrons. The summed E-state index contributed by atoms with van der Waals surface area (Å²) in [5.41, 5.74) is 1.48. The van der Waals surface area contributed by atoms with Gasteiger partial charge in [0.2, 0.25) is 5.95 Å². The highest BCUT2D eigenvalue weighted by atomic mass is 35.5. The number of benzene rings is 1. The molecule has 26 heavy (non-hydrogen) atoms. The molecule has 0 radical (unpaired) electrons. The molecule has 2 aromatic heterocycles. The van der Waals surface area contributed by atoms with Gasteiger partial charge in [-0.1, -0.05) is 29.8 Å². The largest absolute Gasteiger partial charge is 0.332 e. The molecule has 0 aliphatic carbocycles. The molecule has 9 heteroatoms. The van der Waals surface area contributed by atoms with Crippen LogP contribution >= 0.6 is 11.6 Å². The lowest BCUT2D eigenvalue weighted by atomic mass is 10.2. The van der Waals surface area contributed by atoms with Crippen LogP contribution in [0.3, 0.4) is 0 Å². The Balaban J connectivity index is 1.99. The van der Waals surface area contributed by atoms with E-state index in [1.54, 1.807) is 41.9 Å². The van der Waals surface area contributed by atoms with Gasteiger partial charge < -0.3 is 0 Å². The summed E-state index contributed by atoms with van der Waals surface area (Å²) in [7, 11) is 3.38. The van der Waals surface area contributed by atoms with Crippen molar-refractivity contribution in [2.75, 3.05) is 12.1 Å². The fourth-order valence-electron chi connectivity index (χ4n) is 3.25. The van der Waals surface area contributed by atoms with Crippen molar-refractivity contribution in [3.63, 3.8) is 0 Å². The van der Waals surface area contributed by atoms with Gasteiger partial charge in [-0.25, -0.2) is 9.80 Å². The van der Waals surface area contributed by atoms with E-state index in [9.17, 15) is 9.59 Å². The fourth-order valence-corrected chi connectivity index (χ4v) is 3.45. The van der Waals surface area contributed by atoms with E-state index in [1.807, 2.05) is 13.0 Å². The van der Waals surface area contributed by atoms with Crippen LogP contribution in [0.2, 0.25) is 5.02 Å². The van der Waals surface area contributed by atoms with Crippen LogP contribution in [0.25, 0.3) is 11.2 Å². The lowest BCUT2D eigenvalue weighted by Gasteiger charge is -2.20. The van der Waals surface area contributed by atoms with E-state index in [0.717, 1.165) is 5.71 Å². The number of fused-ring (bicyclic) bond motifs is 3. The second kappa shape index (κ2) is 5.84. The highest BCUT2D eigenvalue weighted by Crippen LogP contribution is 2.22. The zero-order chi connectivity index (χ0) is 18.6. The van der Waals surface area contributed by atoms with E-state index >= 15 is 0 Å². The molecule has 3 aromatic rings. The van der Waals surface area contributed by atoms with Crippen molar-refractivity contribution in [1.29, 1.82) is 0 Å². The summed E-state index contributed by atoms with van der Waals surface area (Å²) < 4.78 is 4.38. The third-order valence-corrected chi connectivity index (χ3v) is 4.86. The summed E-state index contributed by atoms with van der Waals surface area (Å²) in [6, 6.07) is 7.17. The van der Waals surface area contributed by atoms with Gasteiger partial charge in [0.15, 0.2) is 11.2 Å². The predicted octanol–water partition coefficient (Wildman–Crippen LogP) is 1.42. The van der Waals surface area contributed by atoms with Crippen LogP contribution in [0, 0.1) is 0 Å². The van der Waals surface area contributed by atoms with Gasteiger partial charge in [-0.3, -0.25) is 18.5 Å². The molecule has 1 aliphatic rings. The Morgan fingerprint density at radius 1 is 1.19 bits per heavy atom. The first-order chi connectivity index (χ1) is 12.4. The van der Waals surface area contributed by atoms with Crippen LogP contribution in [0.15, 0.2) is 39.0 Å². The molecule has 0 fully saturated rings. The summed E-state index contributed by atoms with van der Waals surface area (Å²) in [6.45, 7) is 2.44. The molecule has 0 spiro atoms. The Kier molecular flexibility index (Phi) is 3.73. The van der Waals surface area contributed by atoms with Crippen LogP contribution in [-0.4, -0.2) is 31.4 Å². The van der Waals surface area contributed by atoms with Gasteiger partial charge in [-0.15, -0.1) is 0 Å². The number of aryl methyl sites for hydroxylation is 1. The number of anilines is 1. The SMILES string of the molecule is CC1=NN(C)c2nc3c(c(=O)n(Cc4ccccc4Cl)c(=O)n3C)n2C1. The maximum atomic E-state index is 13.2. The van der Waals surface area contributed by atoms with Gasteiger partial charge >= 0.3 is 5.69 Å². The molecule has 0 saturated carbocycles. The fraction of sp³-hybridized carbons (Fsp3) is 0.294. The average molecular weight is 373 g/mol. The molecule has 0 bridgehead atoms. The van der Waals surface area contributed by atoms with E-state index in [4.69, 9.17) is 11.6 Å². The normalized spacial score (nSPS) is 13.8. The quantitative estimate of drug-likeness (QED) is 0.681. The van der Waals surface area contributed by atoms with Crippen LogP contribution in [0.1, 0.15) is 12.5 Å². The number of nitrogens with zero attached hydrogens (tertiary/aromatic N) is 6. The Labute approximate surface area is 153 Å². The van der Waals surface area contributed by atoms with Crippen molar-refractivity contribution in [3.05, 3.63) is 55.7 Å². The topological polar surface area (TPSA) is 77.4 Å². The monoisotopic (exact) mass is 372 g/mol. The van der Waals surface area contributed by atoms with E-state index in [-0.39, 0.29) is 12.1 Å². The first kappa shape index (κ1) is 16.6. The first-order valence-electron chi connectivity index (χ1n) is 8.09. The molecular formula is C17H17ClN6O2. The summed E-state index contributed by atoms with van der Waals surface area (Å²) in [5, 5.41) is 6.48. The van der Waals surface area contributed by atoms with Gasteiger partial charge in [-0.2, -0.15) is 10.1 Å². The molecule has 0 unspecified atom stereocenters. The van der Waals surface area contributed by atoms with Crippen molar-refractivity contribution in [3.8, 4) is 0 Å². The minimum atomic E-state index is -0.432. The number of imidazole rings is 1. The molecule has 0 atom stereocenters. The molecule has 3 heterocycles. The molecule has 0 N–H and O–H groups in total. The molecule has 0 saturated heterocycles. The number of hydrazone groups is 1. The molecular weight excluding hydrogens is 356 g/mol. The van der Waals surface area contributed by atoms with Gasteiger partial charge in [0.05, 0.1) is 18.8 Å². The second-order valence-corrected chi connectivity index (χ2v) is 6.76. The highest BCUT2D eigenvalue weighted by molar-refractivity contribution is 6.31. The van der Waals surface area contributed by atoms with E-state index in [2.05, 4.69) is 10.1 Å². The molecule has 0 amide bonds. The Bertz CT molecular complexity index is 1190. The maximum absolute atomic E-state index is 13.2. The number of hydrogen-bond donors (Lipinski definition) is 0. The third-order valence-electron chi connectivity index (χ3n) is 4.50. The van der Waals surface area contributed by atoms with Crippen LogP contribution < -0.4 is 16.3 Å². The van der Waals surface area contributed by atoms with Gasteiger partial charge in [0.25, 0.3) is 5.56 Å². The van der Waals surface area contributed by atoms with Crippen molar-refractivity contribution in [1.82, 2.24) is 18.7 Å². The van der Waals surface area contributed by atoms with E-state index in [0.29, 0.717) is 34.2 Å². The number of aromatic nitrogens is 4. The zero-order valence-corrected chi connectivity index (χ0v) is 15.4. The standard InChI is InChI=1S/C17H17ClN6O2/c1-10-8-23-13-14(19-16(23)22(3)20-10)21(2)17(26)24(15(13)25)9-11-6-4-5-7-12(11)18/h4-7H,8-9H2,1-3H3. The smallest absolute Gasteiger partial charge is 0.297 e. The predicted molar refractivity (Wildman–Crippen MR) is 101 cm³/mol. The molecule has 4 rings (SSSR count). The van der Waals surface area contributed by atoms with E-state index in [1.165, 1.54) is 9.13 Å².